The number of benzene rings is 2. The van der Waals surface area contributed by atoms with Crippen molar-refractivity contribution in [3.63, 3.8) is 0 Å². The second-order valence-corrected chi connectivity index (χ2v) is 11.4. The number of sulfonamides is 1. The van der Waals surface area contributed by atoms with Crippen molar-refractivity contribution in [2.75, 3.05) is 25.3 Å². The third kappa shape index (κ3) is 5.58. The molecule has 0 radical (unpaired) electrons. The molecule has 0 fully saturated rings. The summed E-state index contributed by atoms with van der Waals surface area (Å²) in [6.07, 6.45) is 3.68. The zero-order valence-electron chi connectivity index (χ0n) is 19.9. The van der Waals surface area contributed by atoms with Crippen molar-refractivity contribution < 1.29 is 22.7 Å². The van der Waals surface area contributed by atoms with Gasteiger partial charge >= 0.3 is 5.97 Å². The Hall–Kier alpha value is -2.94. The Morgan fingerprint density at radius 1 is 1.03 bits per heavy atom. The maximum absolute atomic E-state index is 13.9. The predicted octanol–water partition coefficient (Wildman–Crippen LogP) is 5.80. The minimum absolute atomic E-state index is 0.117. The van der Waals surface area contributed by atoms with Crippen molar-refractivity contribution in [3.05, 3.63) is 81.5 Å². The molecule has 0 aliphatic rings. The zero-order chi connectivity index (χ0) is 24.9. The molecule has 0 unspecified atom stereocenters. The molecular formula is C26H29NO5S2. The van der Waals surface area contributed by atoms with E-state index in [1.54, 1.807) is 23.6 Å². The van der Waals surface area contributed by atoms with Crippen LogP contribution in [0.1, 0.15) is 47.1 Å². The molecule has 0 N–H and O–H groups in total. The summed E-state index contributed by atoms with van der Waals surface area (Å²) in [4.78, 5) is 12.6. The largest absolute Gasteiger partial charge is 0.465 e. The van der Waals surface area contributed by atoms with Crippen LogP contribution in [0.5, 0.6) is 0 Å². The lowest BCUT2D eigenvalue weighted by Crippen LogP contribution is -2.34. The average Bonchev–Trinajstić information content (AvgIpc) is 3.29. The highest BCUT2D eigenvalue weighted by molar-refractivity contribution is 7.93. The van der Waals surface area contributed by atoms with Gasteiger partial charge in [-0.1, -0.05) is 69.3 Å². The van der Waals surface area contributed by atoms with E-state index in [0.29, 0.717) is 5.56 Å². The van der Waals surface area contributed by atoms with Gasteiger partial charge in [-0.2, -0.15) is 0 Å². The molecule has 6 nitrogen and oxygen atoms in total. The summed E-state index contributed by atoms with van der Waals surface area (Å²) in [5, 5.41) is 1.65. The second-order valence-electron chi connectivity index (χ2n) is 8.64. The topological polar surface area (TPSA) is 72.9 Å². The van der Waals surface area contributed by atoms with E-state index in [-0.39, 0.29) is 27.6 Å². The number of carbonyl (C=O) groups excluding carboxylic acids is 1. The summed E-state index contributed by atoms with van der Waals surface area (Å²) >= 11 is 1.12. The number of carbonyl (C=O) groups is 1. The van der Waals surface area contributed by atoms with Crippen LogP contribution in [0.3, 0.4) is 0 Å². The Morgan fingerprint density at radius 2 is 1.74 bits per heavy atom. The quantitative estimate of drug-likeness (QED) is 0.222. The Labute approximate surface area is 205 Å². The number of anilines is 1. The van der Waals surface area contributed by atoms with Crippen LogP contribution in [-0.2, 0) is 24.9 Å². The molecule has 2 aromatic carbocycles. The van der Waals surface area contributed by atoms with Crippen molar-refractivity contribution in [3.8, 4) is 0 Å². The molecule has 0 spiro atoms. The lowest BCUT2D eigenvalue weighted by Gasteiger charge is -2.26. The molecule has 0 saturated heterocycles. The van der Waals surface area contributed by atoms with Crippen LogP contribution >= 0.6 is 11.3 Å². The van der Waals surface area contributed by atoms with E-state index in [1.165, 1.54) is 14.2 Å². The van der Waals surface area contributed by atoms with Crippen LogP contribution < -0.4 is 4.31 Å². The molecule has 0 amide bonds. The standard InChI is InChI=1S/C26H29NO5S2/c1-26(2,3)21-13-14-23(20(17-21)12-11-19-9-7-6-8-10-19)34(29,30)27(18-31-4)22-15-16-33-24(22)25(28)32-5/h6-17H,18H2,1-5H3. The van der Waals surface area contributed by atoms with Crippen LogP contribution in [0.2, 0.25) is 0 Å². The number of hydrogen-bond donors (Lipinski definition) is 0. The molecule has 0 saturated carbocycles. The summed E-state index contributed by atoms with van der Waals surface area (Å²) in [7, 11) is -1.42. The Morgan fingerprint density at radius 3 is 2.35 bits per heavy atom. The molecular weight excluding hydrogens is 470 g/mol. The first-order valence-corrected chi connectivity index (χ1v) is 13.0. The van der Waals surface area contributed by atoms with E-state index in [2.05, 4.69) is 20.8 Å². The zero-order valence-corrected chi connectivity index (χ0v) is 21.6. The Balaban J connectivity index is 2.18. The van der Waals surface area contributed by atoms with Gasteiger partial charge in [0.1, 0.15) is 11.6 Å². The van der Waals surface area contributed by atoms with E-state index in [9.17, 15) is 13.2 Å². The Bertz CT molecular complexity index is 1270. The molecule has 8 heteroatoms. The molecule has 0 atom stereocenters. The first-order chi connectivity index (χ1) is 16.1. The molecule has 1 heterocycles. The van der Waals surface area contributed by atoms with Crippen LogP contribution in [0.15, 0.2) is 64.9 Å². The predicted molar refractivity (Wildman–Crippen MR) is 138 cm³/mol. The molecule has 0 aliphatic carbocycles. The van der Waals surface area contributed by atoms with Gasteiger partial charge in [-0.25, -0.2) is 17.5 Å². The normalized spacial score (nSPS) is 12.1. The SMILES string of the molecule is COCN(c1ccsc1C(=O)OC)S(=O)(=O)c1ccc(C(C)(C)C)cc1C=Cc1ccccc1. The number of hydrogen-bond acceptors (Lipinski definition) is 6. The molecule has 0 aliphatic heterocycles. The number of rotatable bonds is 8. The summed E-state index contributed by atoms with van der Waals surface area (Å²) < 4.78 is 39.1. The van der Waals surface area contributed by atoms with Gasteiger partial charge in [0.2, 0.25) is 0 Å². The maximum Gasteiger partial charge on any atom is 0.350 e. The van der Waals surface area contributed by atoms with Crippen molar-refractivity contribution in [1.82, 2.24) is 0 Å². The van der Waals surface area contributed by atoms with Gasteiger partial charge in [-0.05, 0) is 45.7 Å². The van der Waals surface area contributed by atoms with Gasteiger partial charge in [-0.3, -0.25) is 0 Å². The van der Waals surface area contributed by atoms with E-state index < -0.39 is 16.0 Å². The maximum atomic E-state index is 13.9. The van der Waals surface area contributed by atoms with Crippen molar-refractivity contribution >= 4 is 45.2 Å². The molecule has 180 valence electrons. The molecule has 3 aromatic rings. The van der Waals surface area contributed by atoms with Gasteiger partial charge in [0.25, 0.3) is 10.0 Å². The van der Waals surface area contributed by atoms with E-state index in [4.69, 9.17) is 9.47 Å². The van der Waals surface area contributed by atoms with Crippen LogP contribution in [0.25, 0.3) is 12.2 Å². The first-order valence-electron chi connectivity index (χ1n) is 10.6. The Kier molecular flexibility index (Phi) is 7.97. The molecule has 3 rings (SSSR count). The molecule has 0 bridgehead atoms. The highest BCUT2D eigenvalue weighted by Crippen LogP contribution is 2.34. The fourth-order valence-electron chi connectivity index (χ4n) is 3.38. The smallest absolute Gasteiger partial charge is 0.350 e. The average molecular weight is 500 g/mol. The summed E-state index contributed by atoms with van der Waals surface area (Å²) in [5.41, 5.74) is 2.55. The van der Waals surface area contributed by atoms with Gasteiger partial charge in [0, 0.05) is 7.11 Å². The fourth-order valence-corrected chi connectivity index (χ4v) is 5.81. The van der Waals surface area contributed by atoms with Crippen molar-refractivity contribution in [2.24, 2.45) is 0 Å². The molecule has 1 aromatic heterocycles. The van der Waals surface area contributed by atoms with Crippen molar-refractivity contribution in [1.29, 1.82) is 0 Å². The third-order valence-electron chi connectivity index (χ3n) is 5.23. The van der Waals surface area contributed by atoms with Crippen molar-refractivity contribution in [2.45, 2.75) is 31.1 Å². The lowest BCUT2D eigenvalue weighted by molar-refractivity contribution is 0.0607. The van der Waals surface area contributed by atoms with Gasteiger partial charge < -0.3 is 9.47 Å². The van der Waals surface area contributed by atoms with Gasteiger partial charge in [0.05, 0.1) is 17.7 Å². The highest BCUT2D eigenvalue weighted by Gasteiger charge is 2.31. The number of thiophene rings is 1. The van der Waals surface area contributed by atoms with Crippen LogP contribution in [0, 0.1) is 0 Å². The van der Waals surface area contributed by atoms with Crippen LogP contribution in [-0.4, -0.2) is 35.3 Å². The lowest BCUT2D eigenvalue weighted by atomic mass is 9.86. The fraction of sp³-hybridized carbons (Fsp3) is 0.269. The number of nitrogens with zero attached hydrogens (tertiary/aromatic N) is 1. The summed E-state index contributed by atoms with van der Waals surface area (Å²) in [6, 6.07) is 16.6. The summed E-state index contributed by atoms with van der Waals surface area (Å²) in [6.45, 7) is 5.97. The number of ether oxygens (including phenoxy) is 2. The van der Waals surface area contributed by atoms with E-state index >= 15 is 0 Å². The minimum atomic E-state index is -4.09. The highest BCUT2D eigenvalue weighted by atomic mass is 32.2. The minimum Gasteiger partial charge on any atom is -0.465 e. The van der Waals surface area contributed by atoms with E-state index in [0.717, 1.165) is 26.8 Å². The molecule has 34 heavy (non-hydrogen) atoms. The van der Waals surface area contributed by atoms with Gasteiger partial charge in [0.15, 0.2) is 0 Å². The number of esters is 1. The second kappa shape index (κ2) is 10.5. The third-order valence-corrected chi connectivity index (χ3v) is 7.92. The number of methoxy groups -OCH3 is 2. The summed E-state index contributed by atoms with van der Waals surface area (Å²) in [5.74, 6) is -0.603. The van der Waals surface area contributed by atoms with Gasteiger partial charge in [-0.15, -0.1) is 11.3 Å². The van der Waals surface area contributed by atoms with E-state index in [1.807, 2.05) is 48.5 Å². The first kappa shape index (κ1) is 25.7. The monoisotopic (exact) mass is 499 g/mol. The van der Waals surface area contributed by atoms with Crippen LogP contribution in [0.4, 0.5) is 5.69 Å².